The highest BCUT2D eigenvalue weighted by Gasteiger charge is 2.50. The van der Waals surface area contributed by atoms with E-state index in [0.29, 0.717) is 19.3 Å². The molecule has 0 bridgehead atoms. The highest BCUT2D eigenvalue weighted by molar-refractivity contribution is 5.74. The van der Waals surface area contributed by atoms with E-state index >= 15 is 0 Å². The number of carboxylic acid groups (broad SMARTS) is 1. The van der Waals surface area contributed by atoms with Crippen LogP contribution in [0.1, 0.15) is 278 Å². The molecule has 12 nitrogen and oxygen atoms in total. The van der Waals surface area contributed by atoms with Crippen molar-refractivity contribution in [1.29, 1.82) is 0 Å². The molecule has 1 aliphatic heterocycles. The molecule has 1 fully saturated rings. The zero-order chi connectivity index (χ0) is 56.1. The first-order valence-corrected chi connectivity index (χ1v) is 31.3. The molecule has 0 spiro atoms. The minimum absolute atomic E-state index is 0.0535. The maximum absolute atomic E-state index is 13.1. The summed E-state index contributed by atoms with van der Waals surface area (Å²) in [6.45, 7) is 5.92. The Labute approximate surface area is 468 Å². The molecule has 0 aromatic rings. The lowest BCUT2D eigenvalue weighted by atomic mass is 9.98. The van der Waals surface area contributed by atoms with Crippen molar-refractivity contribution >= 4 is 23.9 Å². The predicted molar refractivity (Wildman–Crippen MR) is 312 cm³/mol. The van der Waals surface area contributed by atoms with Gasteiger partial charge in [0, 0.05) is 19.3 Å². The van der Waals surface area contributed by atoms with Crippen molar-refractivity contribution in [1.82, 2.24) is 0 Å². The summed E-state index contributed by atoms with van der Waals surface area (Å²) < 4.78 is 28.4. The highest BCUT2D eigenvalue weighted by Crippen LogP contribution is 2.26. The van der Waals surface area contributed by atoms with E-state index in [1.54, 1.807) is 0 Å². The molecule has 1 saturated heterocycles. The Hall–Kier alpha value is -3.58. The number of carboxylic acids is 1. The summed E-state index contributed by atoms with van der Waals surface area (Å²) >= 11 is 0. The Morgan fingerprint density at radius 3 is 1.26 bits per heavy atom. The molecule has 0 aliphatic carbocycles. The van der Waals surface area contributed by atoms with Crippen molar-refractivity contribution in [3.63, 3.8) is 0 Å². The Morgan fingerprint density at radius 1 is 0.429 bits per heavy atom. The van der Waals surface area contributed by atoms with Crippen molar-refractivity contribution in [3.05, 3.63) is 60.8 Å². The Balaban J connectivity index is 2.65. The van der Waals surface area contributed by atoms with Crippen LogP contribution in [0.3, 0.4) is 0 Å². The number of ether oxygens (including phenoxy) is 5. The quantitative estimate of drug-likeness (QED) is 0.0228. The molecule has 0 aromatic heterocycles. The second-order valence-corrected chi connectivity index (χ2v) is 21.3. The maximum Gasteiger partial charge on any atom is 0.335 e. The third-order valence-corrected chi connectivity index (χ3v) is 14.0. The van der Waals surface area contributed by atoms with E-state index in [9.17, 15) is 34.5 Å². The maximum atomic E-state index is 13.1. The van der Waals surface area contributed by atoms with E-state index in [-0.39, 0.29) is 25.9 Å². The molecule has 6 atom stereocenters. The molecule has 0 radical (unpaired) electrons. The summed E-state index contributed by atoms with van der Waals surface area (Å²) in [5.74, 6) is -3.14. The zero-order valence-corrected chi connectivity index (χ0v) is 49.0. The van der Waals surface area contributed by atoms with E-state index in [1.807, 2.05) is 0 Å². The summed E-state index contributed by atoms with van der Waals surface area (Å²) in [6.07, 6.45) is 53.3. The van der Waals surface area contributed by atoms with Gasteiger partial charge >= 0.3 is 23.9 Å². The van der Waals surface area contributed by atoms with Gasteiger partial charge < -0.3 is 39.0 Å². The normalized spacial score (nSPS) is 18.4. The van der Waals surface area contributed by atoms with Gasteiger partial charge in [-0.15, -0.1) is 0 Å². The van der Waals surface area contributed by atoms with Crippen LogP contribution in [0.5, 0.6) is 0 Å². The third kappa shape index (κ3) is 43.0. The largest absolute Gasteiger partial charge is 0.479 e. The number of hydrogen-bond acceptors (Lipinski definition) is 11. The van der Waals surface area contributed by atoms with E-state index in [2.05, 4.69) is 81.5 Å². The number of aliphatic carboxylic acids is 1. The molecule has 0 amide bonds. The lowest BCUT2D eigenvalue weighted by Crippen LogP contribution is -2.61. The first-order valence-electron chi connectivity index (χ1n) is 31.3. The van der Waals surface area contributed by atoms with Crippen LogP contribution in [0.2, 0.25) is 0 Å². The highest BCUT2D eigenvalue weighted by atomic mass is 16.7. The average Bonchev–Trinajstić information content (AvgIpc) is 3.42. The first kappa shape index (κ1) is 71.4. The number of esters is 3. The molecule has 77 heavy (non-hydrogen) atoms. The Morgan fingerprint density at radius 2 is 0.792 bits per heavy atom. The van der Waals surface area contributed by atoms with Gasteiger partial charge in [0.05, 0.1) is 6.61 Å². The smallest absolute Gasteiger partial charge is 0.335 e. The van der Waals surface area contributed by atoms with Gasteiger partial charge in [-0.25, -0.2) is 4.79 Å². The molecule has 444 valence electrons. The minimum Gasteiger partial charge on any atom is -0.479 e. The van der Waals surface area contributed by atoms with Crippen LogP contribution in [-0.4, -0.2) is 89.2 Å². The number of unbranched alkanes of at least 4 members (excludes halogenated alkanes) is 29. The van der Waals surface area contributed by atoms with Gasteiger partial charge in [-0.1, -0.05) is 216 Å². The minimum atomic E-state index is -1.91. The SMILES string of the molecule is CCCC/C=C\CCCCCCCC(=O)OC(COC(=O)CCCCCCCC/C=C\C/C=C\C/C=C\CCCCC)COC1OC(C(=O)O)C(O)C(O)C1OC(=O)CCCCCCCCC/C=C\CCCCCCCC. The number of rotatable bonds is 53. The monoisotopic (exact) mass is 1080 g/mol. The molecule has 3 N–H and O–H groups in total. The van der Waals surface area contributed by atoms with Crippen LogP contribution in [0.4, 0.5) is 0 Å². The summed E-state index contributed by atoms with van der Waals surface area (Å²) in [6, 6.07) is 0. The fraction of sp³-hybridized carbons (Fsp3) is 0.785. The van der Waals surface area contributed by atoms with Crippen LogP contribution >= 0.6 is 0 Å². The summed E-state index contributed by atoms with van der Waals surface area (Å²) in [4.78, 5) is 51.2. The van der Waals surface area contributed by atoms with Crippen LogP contribution < -0.4 is 0 Å². The van der Waals surface area contributed by atoms with Gasteiger partial charge in [0.15, 0.2) is 24.6 Å². The van der Waals surface area contributed by atoms with Gasteiger partial charge in [-0.3, -0.25) is 14.4 Å². The van der Waals surface area contributed by atoms with Gasteiger partial charge in [0.25, 0.3) is 0 Å². The molecule has 1 rings (SSSR count). The average molecular weight is 1090 g/mol. The fourth-order valence-electron chi connectivity index (χ4n) is 9.17. The van der Waals surface area contributed by atoms with Crippen molar-refractivity contribution in [2.75, 3.05) is 13.2 Å². The van der Waals surface area contributed by atoms with Crippen LogP contribution in [0, 0.1) is 0 Å². The van der Waals surface area contributed by atoms with Gasteiger partial charge in [0.1, 0.15) is 18.8 Å². The van der Waals surface area contributed by atoms with E-state index in [4.69, 9.17) is 23.7 Å². The fourth-order valence-corrected chi connectivity index (χ4v) is 9.17. The third-order valence-electron chi connectivity index (χ3n) is 14.0. The lowest BCUT2D eigenvalue weighted by Gasteiger charge is -2.40. The Bertz CT molecular complexity index is 1570. The first-order chi connectivity index (χ1) is 37.6. The molecule has 0 saturated carbocycles. The lowest BCUT2D eigenvalue weighted by molar-refractivity contribution is -0.301. The molecule has 0 aromatic carbocycles. The molecular weight excluding hydrogens is 973 g/mol. The summed E-state index contributed by atoms with van der Waals surface area (Å²) in [5.41, 5.74) is 0. The number of aliphatic hydroxyl groups excluding tert-OH is 2. The molecule has 1 aliphatic rings. The van der Waals surface area contributed by atoms with Crippen molar-refractivity contribution < 1.29 is 58.2 Å². The van der Waals surface area contributed by atoms with Gasteiger partial charge in [-0.05, 0) is 103 Å². The van der Waals surface area contributed by atoms with E-state index in [0.717, 1.165) is 122 Å². The standard InChI is InChI=1S/C65H112O12/c1-4-7-10-13-16-19-22-24-26-28-29-31-32-34-37-39-42-45-48-51-57(66)73-54-56(75-58(67)52-49-46-43-40-36-21-18-15-12-9-6-3)55-74-65-63(61(70)60(69)62(77-65)64(71)72)76-59(68)53-50-47-44-41-38-35-33-30-27-25-23-20-17-14-11-8-5-2/h15-16,18-19,24-27,29,31,56,60-63,65,69-70H,4-14,17,20-23,28,30,32-55H2,1-3H3,(H,71,72)/b18-15-,19-16-,26-24-,27-25-,31-29-. The van der Waals surface area contributed by atoms with E-state index in [1.165, 1.54) is 96.3 Å². The van der Waals surface area contributed by atoms with Gasteiger partial charge in [-0.2, -0.15) is 0 Å². The number of carbonyl (C=O) groups is 4. The van der Waals surface area contributed by atoms with Crippen LogP contribution in [-0.2, 0) is 42.9 Å². The molecule has 1 heterocycles. The van der Waals surface area contributed by atoms with Gasteiger partial charge in [0.2, 0.25) is 0 Å². The molecule has 12 heteroatoms. The van der Waals surface area contributed by atoms with Crippen LogP contribution in [0.15, 0.2) is 60.8 Å². The topological polar surface area (TPSA) is 175 Å². The second-order valence-electron chi connectivity index (χ2n) is 21.3. The van der Waals surface area contributed by atoms with Crippen molar-refractivity contribution in [2.45, 2.75) is 314 Å². The Kier molecular flexibility index (Phi) is 49.2. The van der Waals surface area contributed by atoms with Crippen LogP contribution in [0.25, 0.3) is 0 Å². The molecule has 6 unspecified atom stereocenters. The second kappa shape index (κ2) is 53.1. The molecular formula is C65H112O12. The number of allylic oxidation sites excluding steroid dienone is 10. The summed E-state index contributed by atoms with van der Waals surface area (Å²) in [5, 5.41) is 31.5. The predicted octanol–water partition coefficient (Wildman–Crippen LogP) is 16.3. The summed E-state index contributed by atoms with van der Waals surface area (Å²) in [7, 11) is 0. The number of aliphatic hydroxyl groups is 2. The number of carbonyl (C=O) groups excluding carboxylic acids is 3. The van der Waals surface area contributed by atoms with E-state index < -0.39 is 67.3 Å². The van der Waals surface area contributed by atoms with Crippen molar-refractivity contribution in [3.8, 4) is 0 Å². The van der Waals surface area contributed by atoms with Crippen molar-refractivity contribution in [2.24, 2.45) is 0 Å². The number of hydrogen-bond donors (Lipinski definition) is 3. The zero-order valence-electron chi connectivity index (χ0n) is 49.0.